The summed E-state index contributed by atoms with van der Waals surface area (Å²) in [4.78, 5) is 26.2. The van der Waals surface area contributed by atoms with Crippen LogP contribution in [0.4, 0.5) is 8.78 Å². The minimum absolute atomic E-state index is 0.00848. The third kappa shape index (κ3) is 4.87. The van der Waals surface area contributed by atoms with Gasteiger partial charge in [0.1, 0.15) is 11.6 Å². The molecule has 2 atom stereocenters. The first kappa shape index (κ1) is 22.1. The summed E-state index contributed by atoms with van der Waals surface area (Å²) in [6.07, 6.45) is -0.492. The molecule has 0 saturated carbocycles. The van der Waals surface area contributed by atoms with Crippen LogP contribution in [0.2, 0.25) is 5.02 Å². The SMILES string of the molecule is O=C(NC[C@@H]1CNCCO[C@H]1c1ccc(Cl)c(F)c1)c1cc(-c2noc(=O)[nH]2)ccc1F. The molecule has 168 valence electrons. The number of carbonyl (C=O) groups is 1. The molecule has 1 fully saturated rings. The number of hydrogen-bond donors (Lipinski definition) is 3. The average molecular weight is 465 g/mol. The van der Waals surface area contributed by atoms with E-state index in [2.05, 4.69) is 25.3 Å². The van der Waals surface area contributed by atoms with Crippen LogP contribution in [-0.2, 0) is 4.74 Å². The third-order valence-corrected chi connectivity index (χ3v) is 5.44. The lowest BCUT2D eigenvalue weighted by atomic mass is 9.95. The molecule has 1 saturated heterocycles. The van der Waals surface area contributed by atoms with Gasteiger partial charge >= 0.3 is 5.76 Å². The highest BCUT2D eigenvalue weighted by molar-refractivity contribution is 6.30. The maximum absolute atomic E-state index is 14.3. The van der Waals surface area contributed by atoms with Crippen LogP contribution in [0.3, 0.4) is 0 Å². The van der Waals surface area contributed by atoms with Crippen LogP contribution in [0.25, 0.3) is 11.4 Å². The molecule has 4 rings (SSSR count). The number of nitrogens with zero attached hydrogens (tertiary/aromatic N) is 1. The molecule has 1 aromatic heterocycles. The Hall–Kier alpha value is -3.08. The number of H-pyrrole nitrogens is 1. The lowest BCUT2D eigenvalue weighted by Gasteiger charge is -2.25. The van der Waals surface area contributed by atoms with Gasteiger partial charge in [-0.05, 0) is 35.9 Å². The zero-order valence-corrected chi connectivity index (χ0v) is 17.4. The van der Waals surface area contributed by atoms with Crippen LogP contribution in [-0.4, -0.2) is 42.3 Å². The predicted octanol–water partition coefficient (Wildman–Crippen LogP) is 2.67. The third-order valence-electron chi connectivity index (χ3n) is 5.13. The van der Waals surface area contributed by atoms with E-state index in [0.717, 1.165) is 6.07 Å². The van der Waals surface area contributed by atoms with Crippen molar-refractivity contribution in [2.45, 2.75) is 6.10 Å². The molecular weight excluding hydrogens is 446 g/mol. The van der Waals surface area contributed by atoms with Crippen molar-refractivity contribution in [3.05, 3.63) is 74.7 Å². The molecule has 2 aromatic carbocycles. The maximum Gasteiger partial charge on any atom is 0.439 e. The first-order chi connectivity index (χ1) is 15.4. The molecule has 8 nitrogen and oxygen atoms in total. The number of nitrogens with one attached hydrogen (secondary N) is 3. The molecule has 3 aromatic rings. The van der Waals surface area contributed by atoms with Gasteiger partial charge in [0.05, 0.1) is 23.3 Å². The number of carbonyl (C=O) groups excluding carboxylic acids is 1. The summed E-state index contributed by atoms with van der Waals surface area (Å²) < 4.78 is 38.6. The molecule has 0 radical (unpaired) electrons. The van der Waals surface area contributed by atoms with Gasteiger partial charge in [0.2, 0.25) is 0 Å². The summed E-state index contributed by atoms with van der Waals surface area (Å²) >= 11 is 5.78. The van der Waals surface area contributed by atoms with Crippen molar-refractivity contribution in [3.8, 4) is 11.4 Å². The molecule has 32 heavy (non-hydrogen) atoms. The van der Waals surface area contributed by atoms with Crippen molar-refractivity contribution < 1.29 is 22.8 Å². The van der Waals surface area contributed by atoms with Gasteiger partial charge in [0.25, 0.3) is 5.91 Å². The highest BCUT2D eigenvalue weighted by Gasteiger charge is 2.28. The molecule has 0 unspecified atom stereocenters. The number of halogens is 3. The van der Waals surface area contributed by atoms with Gasteiger partial charge in [-0.15, -0.1) is 0 Å². The Bertz CT molecular complexity index is 1180. The van der Waals surface area contributed by atoms with E-state index in [4.69, 9.17) is 16.3 Å². The van der Waals surface area contributed by atoms with E-state index < -0.39 is 29.4 Å². The molecule has 0 bridgehead atoms. The summed E-state index contributed by atoms with van der Waals surface area (Å²) in [5, 5.41) is 9.47. The van der Waals surface area contributed by atoms with Crippen molar-refractivity contribution in [2.75, 3.05) is 26.2 Å². The van der Waals surface area contributed by atoms with E-state index in [-0.39, 0.29) is 28.9 Å². The van der Waals surface area contributed by atoms with Gasteiger partial charge in [0.15, 0.2) is 5.82 Å². The summed E-state index contributed by atoms with van der Waals surface area (Å²) in [5.41, 5.74) is 0.692. The second kappa shape index (κ2) is 9.60. The average Bonchev–Trinajstić information content (AvgIpc) is 3.08. The van der Waals surface area contributed by atoms with E-state index in [1.165, 1.54) is 24.3 Å². The van der Waals surface area contributed by atoms with Crippen molar-refractivity contribution in [2.24, 2.45) is 5.92 Å². The molecule has 0 aliphatic carbocycles. The fraction of sp³-hybridized carbons (Fsp3) is 0.286. The standard InChI is InChI=1S/C21H19ClF2N4O4/c22-15-3-1-11(8-17(15)24)18-13(9-25-5-6-31-18)10-26-20(29)14-7-12(2-4-16(14)23)19-27-21(30)32-28-19/h1-4,7-8,13,18,25H,5-6,9-10H2,(H,26,29)(H,27,28,30)/t13-,18-/m0/s1. The summed E-state index contributed by atoms with van der Waals surface area (Å²) in [7, 11) is 0. The molecule has 3 N–H and O–H groups in total. The second-order valence-corrected chi connectivity index (χ2v) is 7.68. The Morgan fingerprint density at radius 1 is 1.22 bits per heavy atom. The normalized spacial score (nSPS) is 18.8. The molecule has 0 spiro atoms. The highest BCUT2D eigenvalue weighted by atomic mass is 35.5. The van der Waals surface area contributed by atoms with Gasteiger partial charge in [-0.1, -0.05) is 22.8 Å². The highest BCUT2D eigenvalue weighted by Crippen LogP contribution is 2.29. The minimum Gasteiger partial charge on any atom is -0.372 e. The van der Waals surface area contributed by atoms with E-state index >= 15 is 0 Å². The Balaban J connectivity index is 1.51. The molecule has 1 aliphatic heterocycles. The van der Waals surface area contributed by atoms with E-state index in [1.807, 2.05) is 0 Å². The number of rotatable bonds is 5. The quantitative estimate of drug-likeness (QED) is 0.535. The van der Waals surface area contributed by atoms with Crippen molar-refractivity contribution >= 4 is 17.5 Å². The summed E-state index contributed by atoms with van der Waals surface area (Å²) in [5.74, 6) is -2.88. The van der Waals surface area contributed by atoms with Crippen LogP contribution >= 0.6 is 11.6 Å². The zero-order valence-electron chi connectivity index (χ0n) is 16.7. The monoisotopic (exact) mass is 464 g/mol. The summed E-state index contributed by atoms with van der Waals surface area (Å²) in [6, 6.07) is 8.19. The fourth-order valence-corrected chi connectivity index (χ4v) is 3.66. The number of hydrogen-bond acceptors (Lipinski definition) is 6. The van der Waals surface area contributed by atoms with Gasteiger partial charge in [0, 0.05) is 31.1 Å². The number of amides is 1. The Morgan fingerprint density at radius 3 is 2.81 bits per heavy atom. The van der Waals surface area contributed by atoms with Crippen LogP contribution < -0.4 is 16.4 Å². The van der Waals surface area contributed by atoms with Crippen LogP contribution in [0, 0.1) is 17.6 Å². The minimum atomic E-state index is -0.763. The molecule has 1 aliphatic rings. The Morgan fingerprint density at radius 2 is 2.06 bits per heavy atom. The number of benzene rings is 2. The van der Waals surface area contributed by atoms with Crippen LogP contribution in [0.15, 0.2) is 45.7 Å². The van der Waals surface area contributed by atoms with E-state index in [9.17, 15) is 18.4 Å². The van der Waals surface area contributed by atoms with Gasteiger partial charge in [-0.2, -0.15) is 0 Å². The van der Waals surface area contributed by atoms with Gasteiger partial charge < -0.3 is 15.4 Å². The summed E-state index contributed by atoms with van der Waals surface area (Å²) in [6.45, 7) is 1.65. The topological polar surface area (TPSA) is 109 Å². The van der Waals surface area contributed by atoms with Crippen LogP contribution in [0.5, 0.6) is 0 Å². The number of aromatic nitrogens is 2. The second-order valence-electron chi connectivity index (χ2n) is 7.28. The van der Waals surface area contributed by atoms with E-state index in [0.29, 0.717) is 30.8 Å². The first-order valence-electron chi connectivity index (χ1n) is 9.84. The van der Waals surface area contributed by atoms with Crippen molar-refractivity contribution in [1.82, 2.24) is 20.8 Å². The van der Waals surface area contributed by atoms with Gasteiger partial charge in [-0.3, -0.25) is 14.3 Å². The molecule has 11 heteroatoms. The lowest BCUT2D eigenvalue weighted by Crippen LogP contribution is -2.36. The zero-order chi connectivity index (χ0) is 22.7. The largest absolute Gasteiger partial charge is 0.439 e. The Labute approximate surface area is 185 Å². The first-order valence-corrected chi connectivity index (χ1v) is 10.2. The number of ether oxygens (including phenoxy) is 1. The smallest absolute Gasteiger partial charge is 0.372 e. The van der Waals surface area contributed by atoms with Crippen molar-refractivity contribution in [1.29, 1.82) is 0 Å². The Kier molecular flexibility index (Phi) is 6.63. The fourth-order valence-electron chi connectivity index (χ4n) is 3.55. The van der Waals surface area contributed by atoms with E-state index in [1.54, 1.807) is 6.07 Å². The number of aromatic amines is 1. The lowest BCUT2D eigenvalue weighted by molar-refractivity contribution is 0.0303. The van der Waals surface area contributed by atoms with Crippen LogP contribution in [0.1, 0.15) is 22.0 Å². The maximum atomic E-state index is 14.3. The van der Waals surface area contributed by atoms with Crippen molar-refractivity contribution in [3.63, 3.8) is 0 Å². The molecule has 1 amide bonds. The molecule has 2 heterocycles. The van der Waals surface area contributed by atoms with Gasteiger partial charge in [-0.25, -0.2) is 13.6 Å². The molecular formula is C21H19ClF2N4O4. The predicted molar refractivity (Wildman–Crippen MR) is 111 cm³/mol.